The number of anilines is 1. The van der Waals surface area contributed by atoms with Crippen LogP contribution in [0.5, 0.6) is 11.5 Å². The van der Waals surface area contributed by atoms with E-state index in [-0.39, 0.29) is 24.8 Å². The van der Waals surface area contributed by atoms with Gasteiger partial charge >= 0.3 is 6.03 Å². The average Bonchev–Trinajstić information content (AvgIpc) is 3.29. The van der Waals surface area contributed by atoms with Crippen LogP contribution in [-0.2, 0) is 9.59 Å². The van der Waals surface area contributed by atoms with E-state index in [9.17, 15) is 14.4 Å². The lowest BCUT2D eigenvalue weighted by atomic mass is 9.98. The maximum Gasteiger partial charge on any atom is 0.325 e. The van der Waals surface area contributed by atoms with Gasteiger partial charge < -0.3 is 15.4 Å². The van der Waals surface area contributed by atoms with Gasteiger partial charge in [0.1, 0.15) is 11.3 Å². The van der Waals surface area contributed by atoms with E-state index < -0.39 is 11.6 Å². The van der Waals surface area contributed by atoms with Gasteiger partial charge in [0.15, 0.2) is 5.75 Å². The summed E-state index contributed by atoms with van der Waals surface area (Å²) in [7, 11) is 0. The van der Waals surface area contributed by atoms with Crippen LogP contribution in [0, 0.1) is 6.92 Å². The highest BCUT2D eigenvalue weighted by atomic mass is 16.5. The zero-order chi connectivity index (χ0) is 21.1. The minimum Gasteiger partial charge on any atom is -0.455 e. The molecule has 2 N–H and O–H groups in total. The number of amides is 4. The van der Waals surface area contributed by atoms with Crippen molar-refractivity contribution in [2.24, 2.45) is 0 Å². The molecule has 2 aromatic rings. The number of para-hydroxylation sites is 2. The Kier molecular flexibility index (Phi) is 5.44. The molecule has 2 aliphatic rings. The second-order valence-electron chi connectivity index (χ2n) is 7.89. The van der Waals surface area contributed by atoms with Gasteiger partial charge in [-0.3, -0.25) is 14.5 Å². The minimum absolute atomic E-state index is 0.0219. The molecule has 1 aliphatic heterocycles. The summed E-state index contributed by atoms with van der Waals surface area (Å²) < 4.78 is 5.90. The molecule has 1 aliphatic carbocycles. The smallest absolute Gasteiger partial charge is 0.325 e. The van der Waals surface area contributed by atoms with Crippen molar-refractivity contribution in [1.29, 1.82) is 0 Å². The van der Waals surface area contributed by atoms with Crippen LogP contribution >= 0.6 is 0 Å². The van der Waals surface area contributed by atoms with Gasteiger partial charge in [0, 0.05) is 13.0 Å². The first-order valence-electron chi connectivity index (χ1n) is 10.2. The van der Waals surface area contributed by atoms with Crippen LogP contribution in [0.4, 0.5) is 10.5 Å². The molecular weight excluding hydrogens is 382 g/mol. The molecule has 2 fully saturated rings. The summed E-state index contributed by atoms with van der Waals surface area (Å²) in [5.74, 6) is 0.696. The average molecular weight is 407 g/mol. The molecule has 30 heavy (non-hydrogen) atoms. The molecule has 156 valence electrons. The van der Waals surface area contributed by atoms with Crippen molar-refractivity contribution in [3.63, 3.8) is 0 Å². The zero-order valence-electron chi connectivity index (χ0n) is 16.9. The normalized spacial score (nSPS) is 17.3. The SMILES string of the molecule is Cc1ccc(Oc2ccccc2NC(=O)CCN2C(=O)NC3(CCCC3)C2=O)cc1. The number of hydrogen-bond acceptors (Lipinski definition) is 4. The van der Waals surface area contributed by atoms with E-state index in [0.29, 0.717) is 30.0 Å². The van der Waals surface area contributed by atoms with Gasteiger partial charge in [-0.2, -0.15) is 0 Å². The van der Waals surface area contributed by atoms with Crippen LogP contribution in [-0.4, -0.2) is 34.8 Å². The standard InChI is InChI=1S/C23H25N3O4/c1-16-8-10-17(11-9-16)30-19-7-3-2-6-18(19)24-20(27)12-15-26-21(28)23(25-22(26)29)13-4-5-14-23/h2-3,6-11H,4-5,12-15H2,1H3,(H,24,27)(H,25,29). The Bertz CT molecular complexity index is 965. The van der Waals surface area contributed by atoms with Crippen molar-refractivity contribution in [3.8, 4) is 11.5 Å². The quantitative estimate of drug-likeness (QED) is 0.709. The summed E-state index contributed by atoms with van der Waals surface area (Å²) >= 11 is 0. The molecule has 1 spiro atoms. The van der Waals surface area contributed by atoms with Gasteiger partial charge in [-0.05, 0) is 44.0 Å². The number of urea groups is 1. The lowest BCUT2D eigenvalue weighted by Gasteiger charge is -2.20. The molecule has 4 amide bonds. The molecular formula is C23H25N3O4. The van der Waals surface area contributed by atoms with Crippen molar-refractivity contribution < 1.29 is 19.1 Å². The molecule has 0 unspecified atom stereocenters. The number of imide groups is 1. The van der Waals surface area contributed by atoms with Crippen LogP contribution in [0.2, 0.25) is 0 Å². The lowest BCUT2D eigenvalue weighted by molar-refractivity contribution is -0.131. The van der Waals surface area contributed by atoms with E-state index in [1.807, 2.05) is 37.3 Å². The fourth-order valence-electron chi connectivity index (χ4n) is 4.01. The zero-order valence-corrected chi connectivity index (χ0v) is 16.9. The van der Waals surface area contributed by atoms with Crippen LogP contribution in [0.1, 0.15) is 37.7 Å². The van der Waals surface area contributed by atoms with Crippen LogP contribution in [0.3, 0.4) is 0 Å². The maximum atomic E-state index is 12.7. The number of nitrogens with zero attached hydrogens (tertiary/aromatic N) is 1. The largest absolute Gasteiger partial charge is 0.455 e. The topological polar surface area (TPSA) is 87.7 Å². The first-order chi connectivity index (χ1) is 14.5. The molecule has 4 rings (SSSR count). The Labute approximate surface area is 175 Å². The van der Waals surface area contributed by atoms with Crippen molar-refractivity contribution in [2.75, 3.05) is 11.9 Å². The number of nitrogens with one attached hydrogen (secondary N) is 2. The second-order valence-corrected chi connectivity index (χ2v) is 7.89. The van der Waals surface area contributed by atoms with Crippen molar-refractivity contribution in [3.05, 3.63) is 54.1 Å². The summed E-state index contributed by atoms with van der Waals surface area (Å²) in [6.07, 6.45) is 3.22. The predicted octanol–water partition coefficient (Wildman–Crippen LogP) is 3.98. The molecule has 7 heteroatoms. The van der Waals surface area contributed by atoms with E-state index in [0.717, 1.165) is 18.4 Å². The van der Waals surface area contributed by atoms with Crippen LogP contribution in [0.15, 0.2) is 48.5 Å². The monoisotopic (exact) mass is 407 g/mol. The first kappa shape index (κ1) is 19.9. The Morgan fingerprint density at radius 3 is 2.53 bits per heavy atom. The van der Waals surface area contributed by atoms with E-state index in [2.05, 4.69) is 10.6 Å². The second kappa shape index (κ2) is 8.18. The Morgan fingerprint density at radius 1 is 1.10 bits per heavy atom. The summed E-state index contributed by atoms with van der Waals surface area (Å²) in [5.41, 5.74) is 0.915. The fraction of sp³-hybridized carbons (Fsp3) is 0.348. The molecule has 1 heterocycles. The van der Waals surface area contributed by atoms with E-state index in [1.165, 1.54) is 4.90 Å². The highest BCUT2D eigenvalue weighted by Crippen LogP contribution is 2.35. The van der Waals surface area contributed by atoms with Crippen molar-refractivity contribution in [2.45, 2.75) is 44.6 Å². The molecule has 0 bridgehead atoms. The van der Waals surface area contributed by atoms with E-state index in [4.69, 9.17) is 4.74 Å². The number of hydrogen-bond donors (Lipinski definition) is 2. The van der Waals surface area contributed by atoms with Gasteiger partial charge in [-0.25, -0.2) is 4.79 Å². The maximum absolute atomic E-state index is 12.7. The van der Waals surface area contributed by atoms with Crippen LogP contribution in [0.25, 0.3) is 0 Å². The Morgan fingerprint density at radius 2 is 1.80 bits per heavy atom. The third-order valence-electron chi connectivity index (χ3n) is 5.68. The number of carbonyl (C=O) groups excluding carboxylic acids is 3. The number of ether oxygens (including phenoxy) is 1. The Hall–Kier alpha value is -3.35. The number of rotatable bonds is 6. The van der Waals surface area contributed by atoms with Gasteiger partial charge in [0.2, 0.25) is 5.91 Å². The van der Waals surface area contributed by atoms with Gasteiger partial charge in [0.25, 0.3) is 5.91 Å². The fourth-order valence-corrected chi connectivity index (χ4v) is 4.01. The molecule has 1 saturated heterocycles. The molecule has 0 aromatic heterocycles. The van der Waals surface area contributed by atoms with Gasteiger partial charge in [0.05, 0.1) is 5.69 Å². The third-order valence-corrected chi connectivity index (χ3v) is 5.68. The summed E-state index contributed by atoms with van der Waals surface area (Å²) in [5, 5.41) is 5.65. The van der Waals surface area contributed by atoms with Crippen molar-refractivity contribution in [1.82, 2.24) is 10.2 Å². The summed E-state index contributed by atoms with van der Waals surface area (Å²) in [6.45, 7) is 2.05. The Balaban J connectivity index is 1.37. The highest BCUT2D eigenvalue weighted by Gasteiger charge is 2.52. The first-order valence-corrected chi connectivity index (χ1v) is 10.2. The van der Waals surface area contributed by atoms with Crippen molar-refractivity contribution >= 4 is 23.5 Å². The summed E-state index contributed by atoms with van der Waals surface area (Å²) in [4.78, 5) is 38.6. The molecule has 7 nitrogen and oxygen atoms in total. The molecule has 0 atom stereocenters. The highest BCUT2D eigenvalue weighted by molar-refractivity contribution is 6.07. The third kappa shape index (κ3) is 4.01. The minimum atomic E-state index is -0.748. The predicted molar refractivity (Wildman–Crippen MR) is 112 cm³/mol. The number of carbonyl (C=O) groups is 3. The van der Waals surface area contributed by atoms with Gasteiger partial charge in [-0.1, -0.05) is 42.7 Å². The lowest BCUT2D eigenvalue weighted by Crippen LogP contribution is -2.44. The molecule has 1 saturated carbocycles. The van der Waals surface area contributed by atoms with Gasteiger partial charge in [-0.15, -0.1) is 0 Å². The number of benzene rings is 2. The van der Waals surface area contributed by atoms with Crippen LogP contribution < -0.4 is 15.4 Å². The number of aryl methyl sites for hydroxylation is 1. The van der Waals surface area contributed by atoms with E-state index >= 15 is 0 Å². The molecule has 2 aromatic carbocycles. The molecule has 0 radical (unpaired) electrons. The summed E-state index contributed by atoms with van der Waals surface area (Å²) in [6, 6.07) is 14.4. The van der Waals surface area contributed by atoms with E-state index in [1.54, 1.807) is 18.2 Å².